The number of nitrogens with zero attached hydrogens (tertiary/aromatic N) is 4. The fourth-order valence-corrected chi connectivity index (χ4v) is 2.91. The molecule has 0 radical (unpaired) electrons. The summed E-state index contributed by atoms with van der Waals surface area (Å²) in [5.41, 5.74) is -0.0887. The Hall–Kier alpha value is -1.80. The Balaban J connectivity index is 1.63. The summed E-state index contributed by atoms with van der Waals surface area (Å²) in [7, 11) is 0. The van der Waals surface area contributed by atoms with Crippen LogP contribution in [-0.2, 0) is 12.7 Å². The Morgan fingerprint density at radius 3 is 2.48 bits per heavy atom. The van der Waals surface area contributed by atoms with Crippen LogP contribution < -0.4 is 4.90 Å². The summed E-state index contributed by atoms with van der Waals surface area (Å²) in [6, 6.07) is 3.50. The van der Waals surface area contributed by atoms with Gasteiger partial charge >= 0.3 is 6.18 Å². The number of aromatic amines is 1. The number of hydrogen-bond acceptors (Lipinski definition) is 4. The van der Waals surface area contributed by atoms with E-state index in [1.165, 1.54) is 12.4 Å². The molecule has 2 heterocycles. The van der Waals surface area contributed by atoms with Gasteiger partial charge in [0, 0.05) is 26.2 Å². The number of piperazine rings is 1. The first-order valence-corrected chi connectivity index (χ1v) is 7.49. The second-order valence-electron chi connectivity index (χ2n) is 5.36. The van der Waals surface area contributed by atoms with Gasteiger partial charge in [-0.2, -0.15) is 18.3 Å². The number of hydrogen-bond donors (Lipinski definition) is 1. The maximum atomic E-state index is 12.7. The van der Waals surface area contributed by atoms with E-state index in [9.17, 15) is 13.2 Å². The van der Waals surface area contributed by atoms with Crippen LogP contribution in [0.25, 0.3) is 0 Å². The highest BCUT2D eigenvalue weighted by molar-refractivity contribution is 6.33. The number of rotatable bonds is 3. The molecule has 0 unspecified atom stereocenters. The highest BCUT2D eigenvalue weighted by Gasteiger charge is 2.31. The van der Waals surface area contributed by atoms with Gasteiger partial charge in [0.15, 0.2) is 0 Å². The van der Waals surface area contributed by atoms with E-state index in [-0.39, 0.29) is 5.02 Å². The van der Waals surface area contributed by atoms with Crippen LogP contribution in [-0.4, -0.2) is 46.3 Å². The van der Waals surface area contributed by atoms with Crippen LogP contribution in [0.2, 0.25) is 5.02 Å². The van der Waals surface area contributed by atoms with Crippen molar-refractivity contribution in [3.8, 4) is 0 Å². The molecule has 0 amide bonds. The number of benzene rings is 1. The summed E-state index contributed by atoms with van der Waals surface area (Å²) >= 11 is 6.04. The van der Waals surface area contributed by atoms with Gasteiger partial charge in [0.25, 0.3) is 0 Å². The predicted octanol–water partition coefficient (Wildman–Crippen LogP) is 2.80. The number of H-pyrrole nitrogens is 1. The van der Waals surface area contributed by atoms with Crippen molar-refractivity contribution in [3.05, 3.63) is 40.9 Å². The normalized spacial score (nSPS) is 16.8. The zero-order valence-corrected chi connectivity index (χ0v) is 12.9. The molecule has 0 spiro atoms. The third-order valence-corrected chi connectivity index (χ3v) is 4.13. The second-order valence-corrected chi connectivity index (χ2v) is 5.77. The summed E-state index contributed by atoms with van der Waals surface area (Å²) in [4.78, 5) is 8.29. The molecule has 1 aliphatic rings. The van der Waals surface area contributed by atoms with Crippen LogP contribution in [0, 0.1) is 0 Å². The molecule has 9 heteroatoms. The van der Waals surface area contributed by atoms with Crippen LogP contribution in [0.5, 0.6) is 0 Å². The van der Waals surface area contributed by atoms with E-state index < -0.39 is 11.7 Å². The predicted molar refractivity (Wildman–Crippen MR) is 80.3 cm³/mol. The van der Waals surface area contributed by atoms with Crippen molar-refractivity contribution in [1.29, 1.82) is 0 Å². The summed E-state index contributed by atoms with van der Waals surface area (Å²) in [5.74, 6) is 0.797. The highest BCUT2D eigenvalue weighted by atomic mass is 35.5. The molecule has 1 aromatic heterocycles. The lowest BCUT2D eigenvalue weighted by Crippen LogP contribution is -2.46. The Kier molecular flexibility index (Phi) is 4.45. The van der Waals surface area contributed by atoms with Gasteiger partial charge in [-0.15, -0.1) is 0 Å². The van der Waals surface area contributed by atoms with Crippen molar-refractivity contribution < 1.29 is 13.2 Å². The van der Waals surface area contributed by atoms with Gasteiger partial charge < -0.3 is 4.90 Å². The molecular formula is C14H15ClF3N5. The van der Waals surface area contributed by atoms with E-state index in [2.05, 4.69) is 20.1 Å². The van der Waals surface area contributed by atoms with Crippen molar-refractivity contribution in [3.63, 3.8) is 0 Å². The summed E-state index contributed by atoms with van der Waals surface area (Å²) in [6.07, 6.45) is -2.91. The molecule has 5 nitrogen and oxygen atoms in total. The molecule has 3 rings (SSSR count). The van der Waals surface area contributed by atoms with E-state index in [0.717, 1.165) is 31.0 Å². The first-order valence-electron chi connectivity index (χ1n) is 7.12. The Morgan fingerprint density at radius 1 is 1.17 bits per heavy atom. The quantitative estimate of drug-likeness (QED) is 0.929. The molecule has 1 saturated heterocycles. The summed E-state index contributed by atoms with van der Waals surface area (Å²) in [6.45, 7) is 3.61. The first kappa shape index (κ1) is 16.1. The number of halogens is 4. The number of anilines is 1. The minimum absolute atomic E-state index is 0.128. The summed E-state index contributed by atoms with van der Waals surface area (Å²) < 4.78 is 38.0. The lowest BCUT2D eigenvalue weighted by atomic mass is 10.1. The molecule has 0 aliphatic carbocycles. The molecule has 23 heavy (non-hydrogen) atoms. The van der Waals surface area contributed by atoms with E-state index in [1.54, 1.807) is 0 Å². The number of nitrogens with one attached hydrogen (secondary N) is 1. The van der Waals surface area contributed by atoms with Gasteiger partial charge in [-0.05, 0) is 18.2 Å². The van der Waals surface area contributed by atoms with Crippen LogP contribution in [0.3, 0.4) is 0 Å². The Morgan fingerprint density at radius 2 is 1.91 bits per heavy atom. The average molecular weight is 346 g/mol. The third-order valence-electron chi connectivity index (χ3n) is 3.83. The Bertz CT molecular complexity index is 651. The van der Waals surface area contributed by atoms with E-state index in [0.29, 0.717) is 25.3 Å². The largest absolute Gasteiger partial charge is 0.416 e. The van der Waals surface area contributed by atoms with Crippen LogP contribution in [0.1, 0.15) is 11.4 Å². The van der Waals surface area contributed by atoms with Gasteiger partial charge in [-0.3, -0.25) is 10.00 Å². The van der Waals surface area contributed by atoms with Crippen LogP contribution in [0.4, 0.5) is 18.9 Å². The molecule has 0 saturated carbocycles. The molecule has 1 aliphatic heterocycles. The maximum absolute atomic E-state index is 12.7. The standard InChI is InChI=1S/C14H15ClF3N5/c15-11-7-10(14(16,17)18)1-2-12(11)23-5-3-22(4-6-23)8-13-19-9-20-21-13/h1-2,7,9H,3-6,8H2,(H,19,20,21). The van der Waals surface area contributed by atoms with Crippen molar-refractivity contribution in [2.45, 2.75) is 12.7 Å². The van der Waals surface area contributed by atoms with Crippen molar-refractivity contribution in [2.75, 3.05) is 31.1 Å². The van der Waals surface area contributed by atoms with E-state index in [1.807, 2.05) is 4.90 Å². The van der Waals surface area contributed by atoms with Gasteiger partial charge in [0.05, 0.1) is 22.8 Å². The smallest absolute Gasteiger partial charge is 0.368 e. The van der Waals surface area contributed by atoms with Gasteiger partial charge in [0.1, 0.15) is 12.2 Å². The summed E-state index contributed by atoms with van der Waals surface area (Å²) in [5, 5.41) is 6.75. The van der Waals surface area contributed by atoms with E-state index in [4.69, 9.17) is 11.6 Å². The zero-order valence-electron chi connectivity index (χ0n) is 12.1. The fraction of sp³-hybridized carbons (Fsp3) is 0.429. The zero-order chi connectivity index (χ0) is 16.4. The second kappa shape index (κ2) is 6.37. The maximum Gasteiger partial charge on any atom is 0.416 e. The van der Waals surface area contributed by atoms with E-state index >= 15 is 0 Å². The van der Waals surface area contributed by atoms with Crippen LogP contribution >= 0.6 is 11.6 Å². The number of alkyl halides is 3. The lowest BCUT2D eigenvalue weighted by molar-refractivity contribution is -0.137. The molecule has 1 fully saturated rings. The first-order chi connectivity index (χ1) is 10.9. The van der Waals surface area contributed by atoms with Crippen molar-refractivity contribution in [2.24, 2.45) is 0 Å². The molecular weight excluding hydrogens is 331 g/mol. The molecule has 1 N–H and O–H groups in total. The molecule has 2 aromatic rings. The molecule has 1 aromatic carbocycles. The SMILES string of the molecule is FC(F)(F)c1ccc(N2CCN(Cc3ncn[nH]3)CC2)c(Cl)c1. The minimum Gasteiger partial charge on any atom is -0.368 e. The lowest BCUT2D eigenvalue weighted by Gasteiger charge is -2.36. The highest BCUT2D eigenvalue weighted by Crippen LogP contribution is 2.35. The fourth-order valence-electron chi connectivity index (χ4n) is 2.61. The minimum atomic E-state index is -4.38. The van der Waals surface area contributed by atoms with Gasteiger partial charge in [0.2, 0.25) is 0 Å². The molecule has 124 valence electrons. The van der Waals surface area contributed by atoms with Gasteiger partial charge in [-0.1, -0.05) is 11.6 Å². The van der Waals surface area contributed by atoms with Crippen LogP contribution in [0.15, 0.2) is 24.5 Å². The Labute approximate surface area is 136 Å². The van der Waals surface area contributed by atoms with Crippen molar-refractivity contribution >= 4 is 17.3 Å². The monoisotopic (exact) mass is 345 g/mol. The average Bonchev–Trinajstić information content (AvgIpc) is 3.00. The van der Waals surface area contributed by atoms with Gasteiger partial charge in [-0.25, -0.2) is 4.98 Å². The molecule has 0 atom stereocenters. The van der Waals surface area contributed by atoms with Crippen molar-refractivity contribution in [1.82, 2.24) is 20.1 Å². The molecule has 0 bridgehead atoms. The third kappa shape index (κ3) is 3.76. The topological polar surface area (TPSA) is 48.1 Å². The number of aromatic nitrogens is 3.